The van der Waals surface area contributed by atoms with Crippen LogP contribution in [0.25, 0.3) is 11.0 Å². The lowest BCUT2D eigenvalue weighted by Gasteiger charge is -2.15. The van der Waals surface area contributed by atoms with Crippen LogP contribution < -0.4 is 5.73 Å². The third-order valence-electron chi connectivity index (χ3n) is 3.68. The van der Waals surface area contributed by atoms with Crippen LogP contribution >= 0.6 is 22.6 Å². The van der Waals surface area contributed by atoms with E-state index in [1.807, 2.05) is 4.68 Å². The maximum Gasteiger partial charge on any atom is 0.164 e. The van der Waals surface area contributed by atoms with Gasteiger partial charge in [-0.05, 0) is 29.0 Å². The smallest absolute Gasteiger partial charge is 0.164 e. The molecule has 7 nitrogen and oxygen atoms in total. The summed E-state index contributed by atoms with van der Waals surface area (Å²) in [6, 6.07) is 0.340. The fourth-order valence-electron chi connectivity index (χ4n) is 2.64. The molecule has 1 aliphatic rings. The summed E-state index contributed by atoms with van der Waals surface area (Å²) in [5.74, 6) is 0.500. The molecule has 20 heavy (non-hydrogen) atoms. The number of nitrogen functional groups attached to an aromatic ring is 1. The number of anilines is 1. The Balaban J connectivity index is 1.87. The summed E-state index contributed by atoms with van der Waals surface area (Å²) in [6.07, 6.45) is 2.57. The van der Waals surface area contributed by atoms with Gasteiger partial charge in [0.15, 0.2) is 5.65 Å². The predicted octanol–water partition coefficient (Wildman–Crippen LogP) is 0.906. The number of hydrogen-bond acceptors (Lipinski definition) is 6. The van der Waals surface area contributed by atoms with Gasteiger partial charge in [0, 0.05) is 26.7 Å². The average Bonchev–Trinajstić information content (AvgIpc) is 3.02. The first-order valence-electron chi connectivity index (χ1n) is 6.56. The first-order valence-corrected chi connectivity index (χ1v) is 7.64. The molecule has 3 rings (SSSR count). The Hall–Kier alpha value is -1.00. The largest absolute Gasteiger partial charge is 0.383 e. The van der Waals surface area contributed by atoms with Crippen molar-refractivity contribution in [2.45, 2.75) is 12.5 Å². The van der Waals surface area contributed by atoms with Crippen LogP contribution in [0.4, 0.5) is 5.82 Å². The van der Waals surface area contributed by atoms with Crippen LogP contribution in [0.5, 0.6) is 0 Å². The van der Waals surface area contributed by atoms with E-state index < -0.39 is 0 Å². The van der Waals surface area contributed by atoms with Gasteiger partial charge < -0.3 is 10.5 Å². The number of halogens is 1. The van der Waals surface area contributed by atoms with Crippen LogP contribution in [0.15, 0.2) is 6.33 Å². The fourth-order valence-corrected chi connectivity index (χ4v) is 3.39. The number of ether oxygens (including phenoxy) is 1. The quantitative estimate of drug-likeness (QED) is 0.785. The van der Waals surface area contributed by atoms with Gasteiger partial charge in [0.25, 0.3) is 0 Å². The van der Waals surface area contributed by atoms with Crippen molar-refractivity contribution in [2.75, 3.05) is 39.1 Å². The highest BCUT2D eigenvalue weighted by molar-refractivity contribution is 14.1. The Morgan fingerprint density at radius 1 is 1.50 bits per heavy atom. The van der Waals surface area contributed by atoms with Crippen LogP contribution in [0.2, 0.25) is 0 Å². The van der Waals surface area contributed by atoms with Crippen LogP contribution in [-0.4, -0.2) is 58.0 Å². The minimum absolute atomic E-state index is 0.340. The van der Waals surface area contributed by atoms with E-state index in [2.05, 4.69) is 42.6 Å². The van der Waals surface area contributed by atoms with E-state index in [9.17, 15) is 0 Å². The molecule has 0 bridgehead atoms. The summed E-state index contributed by atoms with van der Waals surface area (Å²) in [7, 11) is 1.73. The predicted molar refractivity (Wildman–Crippen MR) is 84.4 cm³/mol. The average molecular weight is 388 g/mol. The maximum absolute atomic E-state index is 5.93. The minimum atomic E-state index is 0.340. The first-order chi connectivity index (χ1) is 9.70. The number of rotatable bonds is 4. The Morgan fingerprint density at radius 2 is 2.35 bits per heavy atom. The molecule has 2 aromatic heterocycles. The van der Waals surface area contributed by atoms with Gasteiger partial charge in [-0.3, -0.25) is 4.90 Å². The highest BCUT2D eigenvalue weighted by Gasteiger charge is 2.27. The highest BCUT2D eigenvalue weighted by Crippen LogP contribution is 2.28. The molecular formula is C12H17IN6O. The molecule has 1 aliphatic heterocycles. The number of fused-ring (bicyclic) bond motifs is 1. The Kier molecular flexibility index (Phi) is 4.03. The second-order valence-electron chi connectivity index (χ2n) is 4.93. The monoisotopic (exact) mass is 388 g/mol. The molecule has 0 amide bonds. The maximum atomic E-state index is 5.93. The number of nitrogens with two attached hydrogens (primary N) is 1. The van der Waals surface area contributed by atoms with E-state index in [0.717, 1.165) is 47.4 Å². The SMILES string of the molecule is COCCN1CCC(n2nc(I)c3c(N)ncnc32)C1. The van der Waals surface area contributed by atoms with Crippen molar-refractivity contribution < 1.29 is 4.74 Å². The van der Waals surface area contributed by atoms with Crippen molar-refractivity contribution in [1.82, 2.24) is 24.6 Å². The third kappa shape index (κ3) is 2.47. The number of hydrogen-bond donors (Lipinski definition) is 1. The molecule has 108 valence electrons. The van der Waals surface area contributed by atoms with Gasteiger partial charge >= 0.3 is 0 Å². The van der Waals surface area contributed by atoms with E-state index in [-0.39, 0.29) is 0 Å². The minimum Gasteiger partial charge on any atom is -0.383 e. The Bertz CT molecular complexity index is 615. The lowest BCUT2D eigenvalue weighted by molar-refractivity contribution is 0.159. The van der Waals surface area contributed by atoms with E-state index in [1.54, 1.807) is 7.11 Å². The summed E-state index contributed by atoms with van der Waals surface area (Å²) in [4.78, 5) is 10.8. The molecule has 2 N–H and O–H groups in total. The standard InChI is InChI=1S/C12H17IN6O/c1-20-5-4-18-3-2-8(6-18)19-12-9(10(13)17-19)11(14)15-7-16-12/h7-8H,2-6H2,1H3,(H2,14,15,16). The zero-order valence-electron chi connectivity index (χ0n) is 11.3. The van der Waals surface area contributed by atoms with Gasteiger partial charge in [-0.1, -0.05) is 0 Å². The van der Waals surface area contributed by atoms with Crippen molar-refractivity contribution in [3.8, 4) is 0 Å². The van der Waals surface area contributed by atoms with Gasteiger partial charge in [-0.25, -0.2) is 14.6 Å². The highest BCUT2D eigenvalue weighted by atomic mass is 127. The Labute approximate surface area is 130 Å². The third-order valence-corrected chi connectivity index (χ3v) is 4.44. The molecule has 1 unspecified atom stereocenters. The van der Waals surface area contributed by atoms with E-state index in [4.69, 9.17) is 10.5 Å². The van der Waals surface area contributed by atoms with Crippen molar-refractivity contribution in [3.05, 3.63) is 10.0 Å². The van der Waals surface area contributed by atoms with Crippen LogP contribution in [0, 0.1) is 3.70 Å². The molecule has 1 fully saturated rings. The van der Waals surface area contributed by atoms with Gasteiger partial charge in [-0.15, -0.1) is 0 Å². The van der Waals surface area contributed by atoms with Crippen molar-refractivity contribution in [2.24, 2.45) is 0 Å². The molecule has 0 spiro atoms. The normalized spacial score (nSPS) is 20.0. The van der Waals surface area contributed by atoms with Gasteiger partial charge in [0.05, 0.1) is 18.0 Å². The van der Waals surface area contributed by atoms with Crippen molar-refractivity contribution in [3.63, 3.8) is 0 Å². The summed E-state index contributed by atoms with van der Waals surface area (Å²) >= 11 is 2.19. The van der Waals surface area contributed by atoms with Gasteiger partial charge in [0.1, 0.15) is 15.8 Å². The molecule has 0 radical (unpaired) electrons. The second kappa shape index (κ2) is 5.78. The van der Waals surface area contributed by atoms with Gasteiger partial charge in [-0.2, -0.15) is 5.10 Å². The topological polar surface area (TPSA) is 82.1 Å². The van der Waals surface area contributed by atoms with Crippen LogP contribution in [0.3, 0.4) is 0 Å². The molecule has 0 saturated carbocycles. The summed E-state index contributed by atoms with van der Waals surface area (Å²) < 4.78 is 8.00. The van der Waals surface area contributed by atoms with Gasteiger partial charge in [0.2, 0.25) is 0 Å². The lowest BCUT2D eigenvalue weighted by Crippen LogP contribution is -2.25. The second-order valence-corrected chi connectivity index (χ2v) is 5.95. The van der Waals surface area contributed by atoms with E-state index >= 15 is 0 Å². The number of aromatic nitrogens is 4. The number of methoxy groups -OCH3 is 1. The fraction of sp³-hybridized carbons (Fsp3) is 0.583. The van der Waals surface area contributed by atoms with E-state index in [1.165, 1.54) is 6.33 Å². The molecule has 3 heterocycles. The molecule has 0 aromatic carbocycles. The Morgan fingerprint density at radius 3 is 3.15 bits per heavy atom. The van der Waals surface area contributed by atoms with E-state index in [0.29, 0.717) is 11.9 Å². The summed E-state index contributed by atoms with van der Waals surface area (Å²) in [6.45, 7) is 3.76. The van der Waals surface area contributed by atoms with Crippen LogP contribution in [0.1, 0.15) is 12.5 Å². The molecular weight excluding hydrogens is 371 g/mol. The number of likely N-dealkylation sites (tertiary alicyclic amines) is 1. The summed E-state index contributed by atoms with van der Waals surface area (Å²) in [5, 5.41) is 5.47. The zero-order valence-corrected chi connectivity index (χ0v) is 13.4. The van der Waals surface area contributed by atoms with Crippen molar-refractivity contribution >= 4 is 39.4 Å². The molecule has 8 heteroatoms. The first kappa shape index (κ1) is 14.0. The molecule has 1 saturated heterocycles. The molecule has 1 atom stereocenters. The molecule has 0 aliphatic carbocycles. The zero-order chi connectivity index (χ0) is 14.1. The lowest BCUT2D eigenvalue weighted by atomic mass is 10.2. The molecule has 2 aromatic rings. The summed E-state index contributed by atoms with van der Waals surface area (Å²) in [5.41, 5.74) is 6.76. The van der Waals surface area contributed by atoms with Crippen LogP contribution in [-0.2, 0) is 4.74 Å². The number of nitrogens with zero attached hydrogens (tertiary/aromatic N) is 5. The van der Waals surface area contributed by atoms with Crippen molar-refractivity contribution in [1.29, 1.82) is 0 Å².